The number of hydrogen-bond donors (Lipinski definition) is 2. The number of likely N-dealkylation sites (N-methyl/N-ethyl adjacent to an activating group) is 1. The van der Waals surface area contributed by atoms with Crippen molar-refractivity contribution in [2.45, 2.75) is 37.7 Å². The number of sulfonamides is 1. The second-order valence-electron chi connectivity index (χ2n) is 6.39. The molecule has 1 heterocycles. The average Bonchev–Trinajstić information content (AvgIpc) is 2.95. The molecule has 0 fully saturated rings. The van der Waals surface area contributed by atoms with Crippen molar-refractivity contribution in [2.75, 3.05) is 25.9 Å². The van der Waals surface area contributed by atoms with Gasteiger partial charge in [-0.15, -0.1) is 5.10 Å². The molecule has 0 radical (unpaired) electrons. The summed E-state index contributed by atoms with van der Waals surface area (Å²) in [5.74, 6) is 0.973. The molecule has 0 aliphatic carbocycles. The molecule has 0 aliphatic heterocycles. The van der Waals surface area contributed by atoms with Gasteiger partial charge < -0.3 is 5.32 Å². The van der Waals surface area contributed by atoms with Gasteiger partial charge in [0.05, 0.1) is 11.4 Å². The fraction of sp³-hybridized carbons (Fsp3) is 0.471. The van der Waals surface area contributed by atoms with Gasteiger partial charge >= 0.3 is 0 Å². The fourth-order valence-electron chi connectivity index (χ4n) is 2.79. The highest BCUT2D eigenvalue weighted by molar-refractivity contribution is 7.99. The minimum atomic E-state index is -3.74. The van der Waals surface area contributed by atoms with Gasteiger partial charge in [-0.25, -0.2) is 13.4 Å². The molecule has 10 heteroatoms. The van der Waals surface area contributed by atoms with Crippen LogP contribution in [0.1, 0.15) is 22.5 Å². The summed E-state index contributed by atoms with van der Waals surface area (Å²) in [6.45, 7) is 7.43. The first-order valence-corrected chi connectivity index (χ1v) is 10.9. The third kappa shape index (κ3) is 5.53. The first-order chi connectivity index (χ1) is 12.6. The van der Waals surface area contributed by atoms with Gasteiger partial charge in [-0.3, -0.25) is 9.89 Å². The van der Waals surface area contributed by atoms with E-state index >= 15 is 0 Å². The van der Waals surface area contributed by atoms with Crippen molar-refractivity contribution >= 4 is 27.7 Å². The summed E-state index contributed by atoms with van der Waals surface area (Å²) < 4.78 is 26.8. The summed E-state index contributed by atoms with van der Waals surface area (Å²) in [4.78, 5) is 16.5. The Hall–Kier alpha value is -1.91. The number of aryl methyl sites for hydroxylation is 4. The number of hydrogen-bond acceptors (Lipinski definition) is 6. The fourth-order valence-corrected chi connectivity index (χ4v) is 5.02. The molecule has 0 saturated heterocycles. The number of thioether (sulfide) groups is 1. The minimum absolute atomic E-state index is 0.237. The second kappa shape index (κ2) is 8.85. The number of nitrogens with one attached hydrogen (secondary N) is 2. The van der Waals surface area contributed by atoms with Crippen LogP contribution in [0.4, 0.5) is 0 Å². The third-order valence-corrected chi connectivity index (χ3v) is 6.83. The summed E-state index contributed by atoms with van der Waals surface area (Å²) in [6.07, 6.45) is 0. The van der Waals surface area contributed by atoms with E-state index in [1.807, 2.05) is 26.0 Å². The Labute approximate surface area is 164 Å². The highest BCUT2D eigenvalue weighted by Crippen LogP contribution is 2.24. The molecule has 0 saturated carbocycles. The topological polar surface area (TPSA) is 108 Å². The number of benzene rings is 1. The van der Waals surface area contributed by atoms with Crippen LogP contribution in [0.3, 0.4) is 0 Å². The van der Waals surface area contributed by atoms with Gasteiger partial charge in [0.15, 0.2) is 0 Å². The van der Waals surface area contributed by atoms with Gasteiger partial charge in [-0.05, 0) is 38.8 Å². The SMILES string of the molecule is Cc1cc(C)c(S(=O)(=O)N(C)CC(=O)NCCSc2n[nH]c(C)n2)c(C)c1. The highest BCUT2D eigenvalue weighted by Gasteiger charge is 2.26. The Morgan fingerprint density at radius 3 is 2.41 bits per heavy atom. The molecule has 8 nitrogen and oxygen atoms in total. The lowest BCUT2D eigenvalue weighted by Gasteiger charge is -2.20. The van der Waals surface area contributed by atoms with Crippen molar-refractivity contribution < 1.29 is 13.2 Å². The molecule has 0 bridgehead atoms. The molecule has 1 aromatic carbocycles. The van der Waals surface area contributed by atoms with E-state index in [1.165, 1.54) is 18.8 Å². The first-order valence-electron chi connectivity index (χ1n) is 8.44. The Kier molecular flexibility index (Phi) is 7.01. The summed E-state index contributed by atoms with van der Waals surface area (Å²) in [7, 11) is -2.32. The lowest BCUT2D eigenvalue weighted by atomic mass is 10.1. The molecule has 27 heavy (non-hydrogen) atoms. The molecule has 2 aromatic rings. The molecule has 0 aliphatic rings. The van der Waals surface area contributed by atoms with Crippen LogP contribution in [0.15, 0.2) is 22.2 Å². The van der Waals surface area contributed by atoms with Gasteiger partial charge in [0, 0.05) is 19.3 Å². The van der Waals surface area contributed by atoms with Gasteiger partial charge in [0.25, 0.3) is 0 Å². The standard InChI is InChI=1S/C17H25N5O3S2/c1-11-8-12(2)16(13(3)9-11)27(24,25)22(5)10-15(23)18-6-7-26-17-19-14(4)20-21-17/h8-9H,6-7,10H2,1-5H3,(H,18,23)(H,19,20,21). The predicted molar refractivity (Wildman–Crippen MR) is 105 cm³/mol. The number of nitrogens with zero attached hydrogens (tertiary/aromatic N) is 3. The van der Waals surface area contributed by atoms with E-state index in [0.717, 1.165) is 15.7 Å². The van der Waals surface area contributed by atoms with E-state index in [4.69, 9.17) is 0 Å². The monoisotopic (exact) mass is 411 g/mol. The molecule has 0 spiro atoms. The van der Waals surface area contributed by atoms with Crippen LogP contribution in [0.2, 0.25) is 0 Å². The number of aromatic nitrogens is 3. The van der Waals surface area contributed by atoms with Crippen LogP contribution < -0.4 is 5.32 Å². The molecular weight excluding hydrogens is 386 g/mol. The van der Waals surface area contributed by atoms with Gasteiger partial charge in [0.1, 0.15) is 5.82 Å². The van der Waals surface area contributed by atoms with E-state index in [9.17, 15) is 13.2 Å². The van der Waals surface area contributed by atoms with E-state index in [-0.39, 0.29) is 17.3 Å². The zero-order valence-corrected chi connectivity index (χ0v) is 17.8. The Bertz CT molecular complexity index is 901. The highest BCUT2D eigenvalue weighted by atomic mass is 32.2. The molecule has 2 N–H and O–H groups in total. The molecular formula is C17H25N5O3S2. The summed E-state index contributed by atoms with van der Waals surface area (Å²) in [5, 5.41) is 10.1. The van der Waals surface area contributed by atoms with Crippen LogP contribution >= 0.6 is 11.8 Å². The Morgan fingerprint density at radius 2 is 1.85 bits per heavy atom. The quantitative estimate of drug-likeness (QED) is 0.504. The number of carbonyl (C=O) groups excluding carboxylic acids is 1. The van der Waals surface area contributed by atoms with Gasteiger partial charge in [-0.1, -0.05) is 29.5 Å². The van der Waals surface area contributed by atoms with E-state index in [2.05, 4.69) is 20.5 Å². The van der Waals surface area contributed by atoms with E-state index in [0.29, 0.717) is 28.6 Å². The summed E-state index contributed by atoms with van der Waals surface area (Å²) in [5.41, 5.74) is 2.36. The lowest BCUT2D eigenvalue weighted by Crippen LogP contribution is -2.39. The molecule has 2 rings (SSSR count). The summed E-state index contributed by atoms with van der Waals surface area (Å²) in [6, 6.07) is 3.66. The molecule has 1 amide bonds. The molecule has 0 atom stereocenters. The van der Waals surface area contributed by atoms with Crippen molar-refractivity contribution in [1.82, 2.24) is 24.8 Å². The van der Waals surface area contributed by atoms with Crippen molar-refractivity contribution in [1.29, 1.82) is 0 Å². The van der Waals surface area contributed by atoms with Gasteiger partial charge in [-0.2, -0.15) is 4.31 Å². The van der Waals surface area contributed by atoms with Gasteiger partial charge in [0.2, 0.25) is 21.1 Å². The zero-order chi connectivity index (χ0) is 20.2. The third-order valence-electron chi connectivity index (χ3n) is 3.87. The van der Waals surface area contributed by atoms with E-state index in [1.54, 1.807) is 13.8 Å². The Morgan fingerprint density at radius 1 is 1.22 bits per heavy atom. The molecule has 0 unspecified atom stereocenters. The van der Waals surface area contributed by atoms with Crippen LogP contribution in [-0.4, -0.2) is 59.7 Å². The number of H-pyrrole nitrogens is 1. The number of carbonyl (C=O) groups is 1. The maximum absolute atomic E-state index is 12.9. The van der Waals surface area contributed by atoms with Crippen LogP contribution in [0.5, 0.6) is 0 Å². The second-order valence-corrected chi connectivity index (χ2v) is 9.43. The number of amides is 1. The number of aromatic amines is 1. The predicted octanol–water partition coefficient (Wildman–Crippen LogP) is 1.57. The lowest BCUT2D eigenvalue weighted by molar-refractivity contribution is -0.121. The van der Waals surface area contributed by atoms with Crippen molar-refractivity contribution in [3.8, 4) is 0 Å². The first kappa shape index (κ1) is 21.4. The van der Waals surface area contributed by atoms with Crippen molar-refractivity contribution in [3.63, 3.8) is 0 Å². The zero-order valence-electron chi connectivity index (χ0n) is 16.2. The van der Waals surface area contributed by atoms with Crippen LogP contribution in [-0.2, 0) is 14.8 Å². The van der Waals surface area contributed by atoms with Crippen LogP contribution in [0.25, 0.3) is 0 Å². The van der Waals surface area contributed by atoms with Crippen molar-refractivity contribution in [2.24, 2.45) is 0 Å². The number of rotatable bonds is 8. The van der Waals surface area contributed by atoms with E-state index < -0.39 is 10.0 Å². The minimum Gasteiger partial charge on any atom is -0.354 e. The van der Waals surface area contributed by atoms with Crippen molar-refractivity contribution in [3.05, 3.63) is 34.6 Å². The maximum atomic E-state index is 12.9. The average molecular weight is 412 g/mol. The molecule has 148 valence electrons. The van der Waals surface area contributed by atoms with Crippen LogP contribution in [0, 0.1) is 27.7 Å². The normalized spacial score (nSPS) is 11.8. The Balaban J connectivity index is 1.91. The smallest absolute Gasteiger partial charge is 0.243 e. The maximum Gasteiger partial charge on any atom is 0.243 e. The molecule has 1 aromatic heterocycles. The largest absolute Gasteiger partial charge is 0.354 e. The summed E-state index contributed by atoms with van der Waals surface area (Å²) >= 11 is 1.41.